The summed E-state index contributed by atoms with van der Waals surface area (Å²) >= 11 is 5.34. The zero-order valence-corrected chi connectivity index (χ0v) is 17.4. The topological polar surface area (TPSA) is 39.7 Å². The number of nitrogens with zero attached hydrogens (tertiary/aromatic N) is 2. The zero-order chi connectivity index (χ0) is 19.6. The van der Waals surface area contributed by atoms with E-state index in [-0.39, 0.29) is 0 Å². The smallest absolute Gasteiger partial charge is 0.187 e. The SMILES string of the molecule is CCN(Cc1ccccc1)c1ccc(/C=N\NC(=S)NC2CCCCC2)cc1. The molecule has 2 N–H and O–H groups in total. The van der Waals surface area contributed by atoms with Crippen LogP contribution in [0.15, 0.2) is 59.7 Å². The summed E-state index contributed by atoms with van der Waals surface area (Å²) in [5.41, 5.74) is 6.52. The van der Waals surface area contributed by atoms with Crippen LogP contribution in [0.1, 0.15) is 50.2 Å². The van der Waals surface area contributed by atoms with E-state index in [1.165, 1.54) is 43.4 Å². The summed E-state index contributed by atoms with van der Waals surface area (Å²) in [6, 6.07) is 19.5. The van der Waals surface area contributed by atoms with E-state index in [9.17, 15) is 0 Å². The van der Waals surface area contributed by atoms with Gasteiger partial charge in [-0.3, -0.25) is 5.43 Å². The van der Waals surface area contributed by atoms with Gasteiger partial charge in [0, 0.05) is 24.8 Å². The van der Waals surface area contributed by atoms with E-state index >= 15 is 0 Å². The molecule has 0 aromatic heterocycles. The minimum atomic E-state index is 0.493. The lowest BCUT2D eigenvalue weighted by molar-refractivity contribution is 0.412. The van der Waals surface area contributed by atoms with Gasteiger partial charge in [0.2, 0.25) is 0 Å². The molecule has 28 heavy (non-hydrogen) atoms. The molecule has 0 unspecified atom stereocenters. The third kappa shape index (κ3) is 6.34. The molecule has 5 heteroatoms. The second-order valence-electron chi connectivity index (χ2n) is 7.27. The third-order valence-electron chi connectivity index (χ3n) is 5.18. The molecule has 1 fully saturated rings. The fourth-order valence-corrected chi connectivity index (χ4v) is 3.81. The molecule has 2 aromatic rings. The summed E-state index contributed by atoms with van der Waals surface area (Å²) in [5.74, 6) is 0. The minimum absolute atomic E-state index is 0.493. The monoisotopic (exact) mass is 394 g/mol. The van der Waals surface area contributed by atoms with Crippen molar-refractivity contribution in [2.24, 2.45) is 5.10 Å². The van der Waals surface area contributed by atoms with Gasteiger partial charge in [-0.2, -0.15) is 5.10 Å². The maximum Gasteiger partial charge on any atom is 0.187 e. The van der Waals surface area contributed by atoms with Gasteiger partial charge >= 0.3 is 0 Å². The Morgan fingerprint density at radius 1 is 1.07 bits per heavy atom. The molecule has 1 aliphatic carbocycles. The van der Waals surface area contributed by atoms with E-state index in [2.05, 4.69) is 82.3 Å². The molecule has 1 aliphatic rings. The lowest BCUT2D eigenvalue weighted by Crippen LogP contribution is -2.40. The first-order valence-corrected chi connectivity index (χ1v) is 10.6. The molecule has 0 aliphatic heterocycles. The largest absolute Gasteiger partial charge is 0.367 e. The summed E-state index contributed by atoms with van der Waals surface area (Å²) < 4.78 is 0. The minimum Gasteiger partial charge on any atom is -0.367 e. The van der Waals surface area contributed by atoms with Crippen molar-refractivity contribution in [2.75, 3.05) is 11.4 Å². The van der Waals surface area contributed by atoms with Gasteiger partial charge in [-0.15, -0.1) is 0 Å². The van der Waals surface area contributed by atoms with Gasteiger partial charge in [-0.25, -0.2) is 0 Å². The Morgan fingerprint density at radius 3 is 2.46 bits per heavy atom. The first-order chi connectivity index (χ1) is 13.7. The molecule has 2 aromatic carbocycles. The molecule has 0 bridgehead atoms. The van der Waals surface area contributed by atoms with E-state index in [4.69, 9.17) is 12.2 Å². The van der Waals surface area contributed by atoms with Crippen LogP contribution in [-0.2, 0) is 6.54 Å². The van der Waals surface area contributed by atoms with Gasteiger partial charge in [0.05, 0.1) is 6.21 Å². The summed E-state index contributed by atoms with van der Waals surface area (Å²) in [6.07, 6.45) is 8.12. The fourth-order valence-electron chi connectivity index (χ4n) is 3.59. The standard InChI is InChI=1S/C23H30N4S/c1-2-27(18-20-9-5-3-6-10-20)22-15-13-19(14-16-22)17-24-26-23(28)25-21-11-7-4-8-12-21/h3,5-6,9-10,13-17,21H,2,4,7-8,11-12,18H2,1H3,(H2,25,26,28)/b24-17-. The predicted octanol–water partition coefficient (Wildman–Crippen LogP) is 4.84. The van der Waals surface area contributed by atoms with Crippen LogP contribution in [0.4, 0.5) is 5.69 Å². The van der Waals surface area contributed by atoms with E-state index in [1.54, 1.807) is 0 Å². The second kappa shape index (κ2) is 10.8. The molecule has 148 valence electrons. The molecule has 0 radical (unpaired) electrons. The molecular formula is C23H30N4S. The first-order valence-electron chi connectivity index (χ1n) is 10.2. The predicted molar refractivity (Wildman–Crippen MR) is 123 cm³/mol. The van der Waals surface area contributed by atoms with E-state index in [0.717, 1.165) is 18.7 Å². The summed E-state index contributed by atoms with van der Waals surface area (Å²) in [4.78, 5) is 2.36. The number of nitrogens with one attached hydrogen (secondary N) is 2. The Bertz CT molecular complexity index is 752. The highest BCUT2D eigenvalue weighted by Gasteiger charge is 2.13. The van der Waals surface area contributed by atoms with Gasteiger partial charge in [-0.05, 0) is 55.2 Å². The number of anilines is 1. The number of hydrogen-bond acceptors (Lipinski definition) is 3. The zero-order valence-electron chi connectivity index (χ0n) is 16.6. The van der Waals surface area contributed by atoms with Crippen LogP contribution in [0.3, 0.4) is 0 Å². The Hall–Kier alpha value is -2.40. The Balaban J connectivity index is 1.50. The van der Waals surface area contributed by atoms with Crippen molar-refractivity contribution in [2.45, 2.75) is 51.6 Å². The number of rotatable bonds is 7. The number of benzene rings is 2. The van der Waals surface area contributed by atoms with Gasteiger partial charge in [0.25, 0.3) is 0 Å². The molecule has 0 spiro atoms. The van der Waals surface area contributed by atoms with Gasteiger partial charge < -0.3 is 10.2 Å². The normalized spacial score (nSPS) is 14.8. The molecule has 0 amide bonds. The highest BCUT2D eigenvalue weighted by Crippen LogP contribution is 2.18. The van der Waals surface area contributed by atoms with Crippen LogP contribution in [0, 0.1) is 0 Å². The van der Waals surface area contributed by atoms with E-state index in [0.29, 0.717) is 11.2 Å². The van der Waals surface area contributed by atoms with Crippen molar-refractivity contribution in [3.05, 3.63) is 65.7 Å². The highest BCUT2D eigenvalue weighted by atomic mass is 32.1. The molecule has 0 saturated heterocycles. The Labute approximate surface area is 174 Å². The van der Waals surface area contributed by atoms with E-state index in [1.807, 2.05) is 6.21 Å². The summed E-state index contributed by atoms with van der Waals surface area (Å²) in [7, 11) is 0. The van der Waals surface area contributed by atoms with Crippen LogP contribution in [0.5, 0.6) is 0 Å². The lowest BCUT2D eigenvalue weighted by atomic mass is 9.96. The number of thiocarbonyl (C=S) groups is 1. The number of hydrazone groups is 1. The highest BCUT2D eigenvalue weighted by molar-refractivity contribution is 7.80. The maximum absolute atomic E-state index is 5.34. The van der Waals surface area contributed by atoms with Crippen LogP contribution < -0.4 is 15.6 Å². The maximum atomic E-state index is 5.34. The van der Waals surface area contributed by atoms with Crippen molar-refractivity contribution >= 4 is 29.2 Å². The average molecular weight is 395 g/mol. The van der Waals surface area contributed by atoms with Crippen LogP contribution in [0.25, 0.3) is 0 Å². The second-order valence-corrected chi connectivity index (χ2v) is 7.68. The Kier molecular flexibility index (Phi) is 7.85. The van der Waals surface area contributed by atoms with Crippen molar-refractivity contribution in [3.8, 4) is 0 Å². The van der Waals surface area contributed by atoms with Gasteiger partial charge in [0.15, 0.2) is 5.11 Å². The summed E-state index contributed by atoms with van der Waals surface area (Å²) in [5, 5.41) is 8.25. The van der Waals surface area contributed by atoms with Crippen molar-refractivity contribution in [1.82, 2.24) is 10.7 Å². The third-order valence-corrected chi connectivity index (χ3v) is 5.39. The average Bonchev–Trinajstić information content (AvgIpc) is 2.74. The van der Waals surface area contributed by atoms with Gasteiger partial charge in [0.1, 0.15) is 0 Å². The molecule has 3 rings (SSSR count). The van der Waals surface area contributed by atoms with Crippen LogP contribution in [-0.4, -0.2) is 23.9 Å². The van der Waals surface area contributed by atoms with Crippen molar-refractivity contribution < 1.29 is 0 Å². The molecular weight excluding hydrogens is 364 g/mol. The van der Waals surface area contributed by atoms with Crippen molar-refractivity contribution in [1.29, 1.82) is 0 Å². The fraction of sp³-hybridized carbons (Fsp3) is 0.391. The molecule has 0 atom stereocenters. The van der Waals surface area contributed by atoms with Crippen molar-refractivity contribution in [3.63, 3.8) is 0 Å². The quantitative estimate of drug-likeness (QED) is 0.400. The van der Waals surface area contributed by atoms with Crippen LogP contribution in [0.2, 0.25) is 0 Å². The van der Waals surface area contributed by atoms with Crippen LogP contribution >= 0.6 is 12.2 Å². The Morgan fingerprint density at radius 2 is 1.79 bits per heavy atom. The van der Waals surface area contributed by atoms with E-state index < -0.39 is 0 Å². The molecule has 4 nitrogen and oxygen atoms in total. The lowest BCUT2D eigenvalue weighted by Gasteiger charge is -2.23. The molecule has 0 heterocycles. The van der Waals surface area contributed by atoms with Gasteiger partial charge in [-0.1, -0.05) is 61.7 Å². The summed E-state index contributed by atoms with van der Waals surface area (Å²) in [6.45, 7) is 4.06. The number of hydrogen-bond donors (Lipinski definition) is 2. The molecule has 1 saturated carbocycles. The first kappa shape index (κ1) is 20.3.